The van der Waals surface area contributed by atoms with E-state index in [0.717, 1.165) is 42.3 Å². The molecule has 0 radical (unpaired) electrons. The van der Waals surface area contributed by atoms with Gasteiger partial charge >= 0.3 is 0 Å². The van der Waals surface area contributed by atoms with Crippen LogP contribution in [-0.2, 0) is 14.4 Å². The molecular formula is C24H27N3O4. The molecule has 2 N–H and O–H groups in total. The number of benzene rings is 1. The zero-order valence-corrected chi connectivity index (χ0v) is 17.7. The number of ether oxygens (including phenoxy) is 1. The minimum atomic E-state index is -0.381. The number of carbonyl (C=O) groups is 3. The molecule has 1 unspecified atom stereocenters. The molecule has 7 heteroatoms. The van der Waals surface area contributed by atoms with Crippen LogP contribution in [0.3, 0.4) is 0 Å². The maximum absolute atomic E-state index is 12.4. The quantitative estimate of drug-likeness (QED) is 0.438. The Labute approximate surface area is 181 Å². The van der Waals surface area contributed by atoms with Crippen LogP contribution in [0.1, 0.15) is 62.1 Å². The first kappa shape index (κ1) is 21.0. The SMILES string of the molecule is C=C(Oc1ccc2cc(C3CCC(=O)NC3=O)c(C)nc2c1)C(=O)NC1CCCCC1. The second-order valence-corrected chi connectivity index (χ2v) is 8.35. The number of aromatic nitrogens is 1. The van der Waals surface area contributed by atoms with Gasteiger partial charge in [0.15, 0.2) is 5.76 Å². The largest absolute Gasteiger partial charge is 0.452 e. The Hall–Kier alpha value is -3.22. The Balaban J connectivity index is 1.48. The monoisotopic (exact) mass is 421 g/mol. The Morgan fingerprint density at radius 3 is 2.68 bits per heavy atom. The zero-order valence-electron chi connectivity index (χ0n) is 17.7. The Kier molecular flexibility index (Phi) is 6.02. The van der Waals surface area contributed by atoms with Crippen molar-refractivity contribution in [3.63, 3.8) is 0 Å². The lowest BCUT2D eigenvalue weighted by atomic mass is 9.89. The van der Waals surface area contributed by atoms with Crippen LogP contribution >= 0.6 is 0 Å². The van der Waals surface area contributed by atoms with Crippen molar-refractivity contribution in [3.8, 4) is 5.75 Å². The fraction of sp³-hybridized carbons (Fsp3) is 0.417. The van der Waals surface area contributed by atoms with Gasteiger partial charge in [0.25, 0.3) is 5.91 Å². The topological polar surface area (TPSA) is 97.4 Å². The predicted octanol–water partition coefficient (Wildman–Crippen LogP) is 3.40. The molecule has 0 spiro atoms. The molecule has 0 bridgehead atoms. The summed E-state index contributed by atoms with van der Waals surface area (Å²) in [6.07, 6.45) is 6.28. The summed E-state index contributed by atoms with van der Waals surface area (Å²) in [7, 11) is 0. The number of amides is 3. The minimum Gasteiger partial charge on any atom is -0.452 e. The average Bonchev–Trinajstić information content (AvgIpc) is 2.74. The minimum absolute atomic E-state index is 0.0572. The van der Waals surface area contributed by atoms with Gasteiger partial charge < -0.3 is 10.1 Å². The van der Waals surface area contributed by atoms with Crippen LogP contribution in [0.5, 0.6) is 5.75 Å². The molecule has 2 aliphatic rings. The highest BCUT2D eigenvalue weighted by atomic mass is 16.5. The van der Waals surface area contributed by atoms with Crippen molar-refractivity contribution < 1.29 is 19.1 Å². The number of hydrogen-bond donors (Lipinski definition) is 2. The summed E-state index contributed by atoms with van der Waals surface area (Å²) in [5.74, 6) is -0.639. The van der Waals surface area contributed by atoms with Crippen molar-refractivity contribution in [2.75, 3.05) is 0 Å². The van der Waals surface area contributed by atoms with Gasteiger partial charge in [-0.05, 0) is 49.9 Å². The third-order valence-corrected chi connectivity index (χ3v) is 6.07. The molecule has 1 aliphatic heterocycles. The second kappa shape index (κ2) is 8.88. The van der Waals surface area contributed by atoms with Gasteiger partial charge in [-0.25, -0.2) is 0 Å². The van der Waals surface area contributed by atoms with Gasteiger partial charge in [-0.2, -0.15) is 0 Å². The highest BCUT2D eigenvalue weighted by molar-refractivity contribution is 6.01. The van der Waals surface area contributed by atoms with Crippen molar-refractivity contribution in [2.24, 2.45) is 0 Å². The first-order valence-electron chi connectivity index (χ1n) is 10.8. The van der Waals surface area contributed by atoms with E-state index in [-0.39, 0.29) is 35.4 Å². The summed E-state index contributed by atoms with van der Waals surface area (Å²) in [6, 6.07) is 7.49. The van der Waals surface area contributed by atoms with Crippen molar-refractivity contribution in [3.05, 3.63) is 47.9 Å². The van der Waals surface area contributed by atoms with E-state index in [1.807, 2.05) is 19.1 Å². The van der Waals surface area contributed by atoms with Crippen LogP contribution in [0.2, 0.25) is 0 Å². The van der Waals surface area contributed by atoms with Gasteiger partial charge in [-0.3, -0.25) is 24.7 Å². The third kappa shape index (κ3) is 4.76. The van der Waals surface area contributed by atoms with E-state index in [1.165, 1.54) is 6.42 Å². The molecule has 1 saturated carbocycles. The first-order chi connectivity index (χ1) is 14.9. The van der Waals surface area contributed by atoms with Crippen LogP contribution < -0.4 is 15.4 Å². The van der Waals surface area contributed by atoms with Crippen molar-refractivity contribution in [1.29, 1.82) is 0 Å². The van der Waals surface area contributed by atoms with E-state index in [4.69, 9.17) is 4.74 Å². The van der Waals surface area contributed by atoms with Gasteiger partial charge in [0.1, 0.15) is 5.75 Å². The molecule has 31 heavy (non-hydrogen) atoms. The predicted molar refractivity (Wildman–Crippen MR) is 116 cm³/mol. The van der Waals surface area contributed by atoms with Crippen molar-refractivity contribution in [2.45, 2.75) is 63.8 Å². The molecule has 7 nitrogen and oxygen atoms in total. The standard InChI is InChI=1S/C24H27N3O4/c1-14-20(19-10-11-22(28)27-24(19)30)12-16-8-9-18(13-21(16)25-14)31-15(2)23(29)26-17-6-4-3-5-7-17/h8-9,12-13,17,19H,2-7,10-11H2,1H3,(H,26,29)(H,27,28,30). The summed E-state index contributed by atoms with van der Waals surface area (Å²) >= 11 is 0. The number of piperidine rings is 1. The molecule has 162 valence electrons. The maximum atomic E-state index is 12.4. The van der Waals surface area contributed by atoms with Crippen molar-refractivity contribution >= 4 is 28.6 Å². The van der Waals surface area contributed by atoms with E-state index in [9.17, 15) is 14.4 Å². The van der Waals surface area contributed by atoms with Crippen LogP contribution in [0.25, 0.3) is 10.9 Å². The number of fused-ring (bicyclic) bond motifs is 1. The van der Waals surface area contributed by atoms with Gasteiger partial charge in [-0.1, -0.05) is 25.8 Å². The number of rotatable bonds is 5. The van der Waals surface area contributed by atoms with Gasteiger partial charge in [0.2, 0.25) is 11.8 Å². The number of carbonyl (C=O) groups excluding carboxylic acids is 3. The molecule has 4 rings (SSSR count). The molecule has 2 heterocycles. The summed E-state index contributed by atoms with van der Waals surface area (Å²) in [5.41, 5.74) is 2.25. The van der Waals surface area contributed by atoms with E-state index >= 15 is 0 Å². The zero-order chi connectivity index (χ0) is 22.0. The maximum Gasteiger partial charge on any atom is 0.286 e. The lowest BCUT2D eigenvalue weighted by Crippen LogP contribution is -2.39. The van der Waals surface area contributed by atoms with Crippen LogP contribution in [-0.4, -0.2) is 28.7 Å². The Bertz CT molecular complexity index is 1060. The molecule has 1 atom stereocenters. The Morgan fingerprint density at radius 1 is 1.16 bits per heavy atom. The molecule has 2 aromatic rings. The first-order valence-corrected chi connectivity index (χ1v) is 10.8. The number of nitrogens with zero attached hydrogens (tertiary/aromatic N) is 1. The number of pyridine rings is 1. The summed E-state index contributed by atoms with van der Waals surface area (Å²) in [5, 5.41) is 6.25. The fourth-order valence-corrected chi connectivity index (χ4v) is 4.37. The van der Waals surface area contributed by atoms with Crippen molar-refractivity contribution in [1.82, 2.24) is 15.6 Å². The molecular weight excluding hydrogens is 394 g/mol. The number of aryl methyl sites for hydroxylation is 1. The summed E-state index contributed by atoms with van der Waals surface area (Å²) < 4.78 is 5.69. The smallest absolute Gasteiger partial charge is 0.286 e. The lowest BCUT2D eigenvalue weighted by molar-refractivity contribution is -0.134. The van der Waals surface area contributed by atoms with Crippen LogP contribution in [0.15, 0.2) is 36.6 Å². The fourth-order valence-electron chi connectivity index (χ4n) is 4.37. The summed E-state index contributed by atoms with van der Waals surface area (Å²) in [6.45, 7) is 5.63. The number of hydrogen-bond acceptors (Lipinski definition) is 5. The molecule has 1 aromatic carbocycles. The molecule has 1 saturated heterocycles. The van der Waals surface area contributed by atoms with Gasteiger partial charge in [0.05, 0.1) is 11.4 Å². The van der Waals surface area contributed by atoms with Crippen LogP contribution in [0.4, 0.5) is 0 Å². The Morgan fingerprint density at radius 2 is 1.94 bits per heavy atom. The van der Waals surface area contributed by atoms with Gasteiger partial charge in [0, 0.05) is 29.6 Å². The normalized spacial score (nSPS) is 19.7. The molecule has 3 amide bonds. The van der Waals surface area contributed by atoms with E-state index < -0.39 is 0 Å². The average molecular weight is 421 g/mol. The lowest BCUT2D eigenvalue weighted by Gasteiger charge is -2.23. The van der Waals surface area contributed by atoms with Crippen LogP contribution in [0, 0.1) is 6.92 Å². The second-order valence-electron chi connectivity index (χ2n) is 8.35. The number of imide groups is 1. The van der Waals surface area contributed by atoms with E-state index in [2.05, 4.69) is 22.2 Å². The van der Waals surface area contributed by atoms with E-state index in [1.54, 1.807) is 12.1 Å². The molecule has 1 aliphatic carbocycles. The highest BCUT2D eigenvalue weighted by Crippen LogP contribution is 2.30. The molecule has 1 aromatic heterocycles. The molecule has 2 fully saturated rings. The number of nitrogens with one attached hydrogen (secondary N) is 2. The van der Waals surface area contributed by atoms with Gasteiger partial charge in [-0.15, -0.1) is 0 Å². The van der Waals surface area contributed by atoms with E-state index in [0.29, 0.717) is 24.1 Å². The highest BCUT2D eigenvalue weighted by Gasteiger charge is 2.29. The third-order valence-electron chi connectivity index (χ3n) is 6.07. The summed E-state index contributed by atoms with van der Waals surface area (Å²) in [4.78, 5) is 40.7.